The van der Waals surface area contributed by atoms with Crippen LogP contribution in [0.25, 0.3) is 0 Å². The summed E-state index contributed by atoms with van der Waals surface area (Å²) in [5.41, 5.74) is 5.17. The third-order valence-corrected chi connectivity index (χ3v) is 1.64. The molecule has 68 valence electrons. The van der Waals surface area contributed by atoms with E-state index in [0.29, 0.717) is 6.61 Å². The monoisotopic (exact) mass is 168 g/mol. The van der Waals surface area contributed by atoms with Gasteiger partial charge in [0.05, 0.1) is 18.9 Å². The van der Waals surface area contributed by atoms with Crippen LogP contribution >= 0.6 is 0 Å². The Kier molecular flexibility index (Phi) is 3.80. The summed E-state index contributed by atoms with van der Waals surface area (Å²) in [7, 11) is 0. The molecular weight excluding hydrogens is 152 g/mol. The van der Waals surface area contributed by atoms with E-state index in [1.807, 2.05) is 6.92 Å². The molecule has 3 heteroatoms. The number of hydrazone groups is 1. The lowest BCUT2D eigenvalue weighted by molar-refractivity contribution is 0.154. The molecule has 0 aliphatic carbocycles. The van der Waals surface area contributed by atoms with Crippen LogP contribution in [0.5, 0.6) is 0 Å². The molecule has 0 radical (unpaired) electrons. The normalized spacial score (nSPS) is 20.9. The van der Waals surface area contributed by atoms with Crippen molar-refractivity contribution in [3.63, 3.8) is 0 Å². The van der Waals surface area contributed by atoms with Gasteiger partial charge in [0, 0.05) is 6.61 Å². The van der Waals surface area contributed by atoms with E-state index in [1.165, 1.54) is 0 Å². The van der Waals surface area contributed by atoms with E-state index in [9.17, 15) is 0 Å². The average molecular weight is 168 g/mol. The predicted octanol–water partition coefficient (Wildman–Crippen LogP) is 1.32. The smallest absolute Gasteiger partial charge is 0.0866 e. The van der Waals surface area contributed by atoms with Gasteiger partial charge in [-0.15, -0.1) is 0 Å². The highest BCUT2D eigenvalue weighted by molar-refractivity contribution is 5.85. The van der Waals surface area contributed by atoms with Crippen LogP contribution in [0.15, 0.2) is 17.3 Å². The summed E-state index contributed by atoms with van der Waals surface area (Å²) >= 11 is 0. The lowest BCUT2D eigenvalue weighted by Gasteiger charge is -2.13. The summed E-state index contributed by atoms with van der Waals surface area (Å²) in [6, 6.07) is 0. The Balaban J connectivity index is 2.20. The first-order valence-electron chi connectivity index (χ1n) is 4.29. The van der Waals surface area contributed by atoms with Crippen LogP contribution in [0, 0.1) is 0 Å². The minimum absolute atomic E-state index is 0.684. The molecule has 0 spiro atoms. The molecule has 1 aliphatic heterocycles. The Bertz CT molecular complexity index is 179. The summed E-state index contributed by atoms with van der Waals surface area (Å²) in [5, 5.41) is 4.20. The Labute approximate surface area is 73.5 Å². The second kappa shape index (κ2) is 4.93. The van der Waals surface area contributed by atoms with Crippen LogP contribution in [0.2, 0.25) is 0 Å². The maximum atomic E-state index is 5.25. The van der Waals surface area contributed by atoms with Crippen molar-refractivity contribution in [1.82, 2.24) is 5.43 Å². The van der Waals surface area contributed by atoms with Gasteiger partial charge in [0.25, 0.3) is 0 Å². The molecule has 0 bridgehead atoms. The molecule has 1 heterocycles. The van der Waals surface area contributed by atoms with Gasteiger partial charge in [-0.2, -0.15) is 5.10 Å². The van der Waals surface area contributed by atoms with E-state index >= 15 is 0 Å². The van der Waals surface area contributed by atoms with Crippen molar-refractivity contribution < 1.29 is 4.74 Å². The van der Waals surface area contributed by atoms with Crippen molar-refractivity contribution in [2.45, 2.75) is 19.8 Å². The Morgan fingerprint density at radius 3 is 3.17 bits per heavy atom. The maximum Gasteiger partial charge on any atom is 0.0866 e. The molecule has 1 saturated heterocycles. The van der Waals surface area contributed by atoms with Crippen LogP contribution in [-0.2, 0) is 4.74 Å². The quantitative estimate of drug-likeness (QED) is 0.509. The second-order valence-electron chi connectivity index (χ2n) is 3.13. The fourth-order valence-electron chi connectivity index (χ4n) is 1.01. The molecule has 0 saturated carbocycles. The van der Waals surface area contributed by atoms with Crippen LogP contribution in [-0.4, -0.2) is 25.5 Å². The maximum absolute atomic E-state index is 5.25. The zero-order valence-corrected chi connectivity index (χ0v) is 7.60. The highest BCUT2D eigenvalue weighted by Crippen LogP contribution is 2.01. The van der Waals surface area contributed by atoms with Crippen molar-refractivity contribution >= 4 is 5.71 Å². The Hall–Kier alpha value is -0.830. The standard InChI is InChI=1S/C9H16N2O/c1-8(2)6-10-11-9-4-3-5-12-7-9/h10H,1,3-7H2,2H3/b11-9-. The lowest BCUT2D eigenvalue weighted by Crippen LogP contribution is -2.21. The molecule has 1 N–H and O–H groups in total. The van der Waals surface area contributed by atoms with Crippen molar-refractivity contribution in [3.05, 3.63) is 12.2 Å². The molecule has 1 rings (SSSR count). The van der Waals surface area contributed by atoms with Crippen molar-refractivity contribution in [3.8, 4) is 0 Å². The average Bonchev–Trinajstić information content (AvgIpc) is 2.05. The van der Waals surface area contributed by atoms with E-state index < -0.39 is 0 Å². The number of nitrogens with zero attached hydrogens (tertiary/aromatic N) is 1. The fraction of sp³-hybridized carbons (Fsp3) is 0.667. The van der Waals surface area contributed by atoms with Gasteiger partial charge < -0.3 is 10.2 Å². The predicted molar refractivity (Wildman–Crippen MR) is 50.3 cm³/mol. The highest BCUT2D eigenvalue weighted by atomic mass is 16.5. The van der Waals surface area contributed by atoms with Gasteiger partial charge in [-0.3, -0.25) is 0 Å². The van der Waals surface area contributed by atoms with E-state index in [2.05, 4.69) is 17.1 Å². The van der Waals surface area contributed by atoms with E-state index in [1.54, 1.807) is 0 Å². The molecule has 12 heavy (non-hydrogen) atoms. The van der Waals surface area contributed by atoms with E-state index in [4.69, 9.17) is 4.74 Å². The summed E-state index contributed by atoms with van der Waals surface area (Å²) in [6.07, 6.45) is 2.15. The Morgan fingerprint density at radius 2 is 2.58 bits per heavy atom. The number of hydrogen-bond acceptors (Lipinski definition) is 3. The van der Waals surface area contributed by atoms with Crippen LogP contribution in [0.4, 0.5) is 0 Å². The zero-order chi connectivity index (χ0) is 8.81. The number of nitrogens with one attached hydrogen (secondary N) is 1. The lowest BCUT2D eigenvalue weighted by atomic mass is 10.2. The molecule has 3 nitrogen and oxygen atoms in total. The first-order valence-corrected chi connectivity index (χ1v) is 4.29. The molecule has 0 aromatic heterocycles. The van der Waals surface area contributed by atoms with Crippen LogP contribution in [0.3, 0.4) is 0 Å². The molecule has 1 fully saturated rings. The summed E-state index contributed by atoms with van der Waals surface area (Å²) in [5.74, 6) is 0. The molecule has 0 aromatic carbocycles. The first-order chi connectivity index (χ1) is 5.79. The fourth-order valence-corrected chi connectivity index (χ4v) is 1.01. The molecule has 0 unspecified atom stereocenters. The van der Waals surface area contributed by atoms with Crippen molar-refractivity contribution in [1.29, 1.82) is 0 Å². The van der Waals surface area contributed by atoms with Gasteiger partial charge in [0.15, 0.2) is 0 Å². The molecule has 0 atom stereocenters. The van der Waals surface area contributed by atoms with Gasteiger partial charge in [0.2, 0.25) is 0 Å². The van der Waals surface area contributed by atoms with Gasteiger partial charge >= 0.3 is 0 Å². The molecule has 0 aromatic rings. The number of rotatable bonds is 3. The summed E-state index contributed by atoms with van der Waals surface area (Å²) in [4.78, 5) is 0. The topological polar surface area (TPSA) is 33.6 Å². The van der Waals surface area contributed by atoms with Crippen LogP contribution in [0.1, 0.15) is 19.8 Å². The summed E-state index contributed by atoms with van der Waals surface area (Å²) < 4.78 is 5.25. The van der Waals surface area contributed by atoms with Crippen molar-refractivity contribution in [2.24, 2.45) is 5.10 Å². The SMILES string of the molecule is C=C(C)CN/N=C1/CCCOC1. The van der Waals surface area contributed by atoms with Crippen molar-refractivity contribution in [2.75, 3.05) is 19.8 Å². The minimum Gasteiger partial charge on any atom is -0.375 e. The van der Waals surface area contributed by atoms with Crippen LogP contribution < -0.4 is 5.43 Å². The first kappa shape index (κ1) is 9.26. The minimum atomic E-state index is 0.684. The molecule has 0 amide bonds. The third-order valence-electron chi connectivity index (χ3n) is 1.64. The third kappa shape index (κ3) is 3.53. The van der Waals surface area contributed by atoms with Gasteiger partial charge in [-0.1, -0.05) is 12.2 Å². The highest BCUT2D eigenvalue weighted by Gasteiger charge is 2.05. The largest absolute Gasteiger partial charge is 0.375 e. The Morgan fingerprint density at radius 1 is 1.75 bits per heavy atom. The second-order valence-corrected chi connectivity index (χ2v) is 3.13. The molecule has 1 aliphatic rings. The summed E-state index contributed by atoms with van der Waals surface area (Å²) in [6.45, 7) is 8.06. The van der Waals surface area contributed by atoms with E-state index in [0.717, 1.165) is 37.3 Å². The number of hydrogen-bond donors (Lipinski definition) is 1. The van der Waals surface area contributed by atoms with Gasteiger partial charge in [-0.05, 0) is 19.8 Å². The van der Waals surface area contributed by atoms with E-state index in [-0.39, 0.29) is 0 Å². The van der Waals surface area contributed by atoms with Gasteiger partial charge in [0.1, 0.15) is 0 Å². The molecular formula is C9H16N2O. The number of ether oxygens (including phenoxy) is 1. The zero-order valence-electron chi connectivity index (χ0n) is 7.60. The van der Waals surface area contributed by atoms with Gasteiger partial charge in [-0.25, -0.2) is 0 Å².